The van der Waals surface area contributed by atoms with Crippen molar-refractivity contribution < 1.29 is 24.4 Å². The van der Waals surface area contributed by atoms with E-state index in [0.29, 0.717) is 37.6 Å². The molecule has 21 heavy (non-hydrogen) atoms. The molecule has 6 heteroatoms. The molecule has 116 valence electrons. The molecule has 0 aliphatic carbocycles. The summed E-state index contributed by atoms with van der Waals surface area (Å²) in [5, 5.41) is 23.7. The van der Waals surface area contributed by atoms with Crippen LogP contribution in [0.15, 0.2) is 18.2 Å². The summed E-state index contributed by atoms with van der Waals surface area (Å²) in [6.45, 7) is 3.41. The Morgan fingerprint density at radius 1 is 1.38 bits per heavy atom. The summed E-state index contributed by atoms with van der Waals surface area (Å²) in [6, 6.07) is 5.39. The van der Waals surface area contributed by atoms with Crippen LogP contribution in [-0.4, -0.2) is 48.4 Å². The van der Waals surface area contributed by atoms with Gasteiger partial charge in [0.2, 0.25) is 6.79 Å². The van der Waals surface area contributed by atoms with Gasteiger partial charge in [0.25, 0.3) is 0 Å². The first-order valence-corrected chi connectivity index (χ1v) is 7.21. The Kier molecular flexibility index (Phi) is 4.03. The molecule has 3 N–H and O–H groups in total. The van der Waals surface area contributed by atoms with Crippen LogP contribution in [0.1, 0.15) is 25.0 Å². The molecule has 1 saturated heterocycles. The Bertz CT molecular complexity index is 509. The second-order valence-corrected chi connectivity index (χ2v) is 5.63. The number of rotatable bonds is 5. The fraction of sp³-hybridized carbons (Fsp3) is 0.600. The molecule has 0 aromatic heterocycles. The maximum Gasteiger partial charge on any atom is 0.231 e. The zero-order chi connectivity index (χ0) is 14.9. The highest BCUT2D eigenvalue weighted by atomic mass is 16.7. The van der Waals surface area contributed by atoms with Crippen LogP contribution in [0, 0.1) is 0 Å². The molecule has 0 radical (unpaired) electrons. The average molecular weight is 295 g/mol. The Labute approximate surface area is 123 Å². The number of hydrogen-bond donors (Lipinski definition) is 3. The van der Waals surface area contributed by atoms with E-state index in [1.165, 1.54) is 0 Å². The predicted octanol–water partition coefficient (Wildman–Crippen LogP) is 0.578. The SMILES string of the molecule is CC1OCCC1(O)CNCC(O)c1ccc2c(c1)OCO2. The number of ether oxygens (including phenoxy) is 3. The Balaban J connectivity index is 1.53. The molecule has 0 spiro atoms. The van der Waals surface area contributed by atoms with Crippen LogP contribution in [0.25, 0.3) is 0 Å². The third kappa shape index (κ3) is 2.98. The molecule has 1 aromatic carbocycles. The van der Waals surface area contributed by atoms with Crippen LogP contribution in [0.4, 0.5) is 0 Å². The number of nitrogens with one attached hydrogen (secondary N) is 1. The molecule has 1 aromatic rings. The number of benzene rings is 1. The molecule has 2 aliphatic heterocycles. The Morgan fingerprint density at radius 2 is 2.19 bits per heavy atom. The molecule has 3 unspecified atom stereocenters. The Morgan fingerprint density at radius 3 is 2.95 bits per heavy atom. The van der Waals surface area contributed by atoms with E-state index >= 15 is 0 Å². The summed E-state index contributed by atoms with van der Waals surface area (Å²) in [5.74, 6) is 1.35. The van der Waals surface area contributed by atoms with Crippen molar-refractivity contribution in [2.24, 2.45) is 0 Å². The highest BCUT2D eigenvalue weighted by Gasteiger charge is 2.39. The fourth-order valence-corrected chi connectivity index (χ4v) is 2.67. The maximum atomic E-state index is 10.4. The minimum Gasteiger partial charge on any atom is -0.454 e. The van der Waals surface area contributed by atoms with Crippen molar-refractivity contribution in [2.45, 2.75) is 31.2 Å². The van der Waals surface area contributed by atoms with E-state index in [2.05, 4.69) is 5.32 Å². The normalized spacial score (nSPS) is 28.8. The van der Waals surface area contributed by atoms with E-state index in [9.17, 15) is 10.2 Å². The smallest absolute Gasteiger partial charge is 0.231 e. The van der Waals surface area contributed by atoms with Crippen molar-refractivity contribution in [2.75, 3.05) is 26.5 Å². The third-order valence-electron chi connectivity index (χ3n) is 4.21. The highest BCUT2D eigenvalue weighted by molar-refractivity contribution is 5.45. The van der Waals surface area contributed by atoms with E-state index < -0.39 is 11.7 Å². The van der Waals surface area contributed by atoms with Crippen molar-refractivity contribution >= 4 is 0 Å². The molecule has 0 amide bonds. The summed E-state index contributed by atoms with van der Waals surface area (Å²) < 4.78 is 15.9. The zero-order valence-corrected chi connectivity index (χ0v) is 12.0. The number of fused-ring (bicyclic) bond motifs is 1. The van der Waals surface area contributed by atoms with Crippen LogP contribution in [0.5, 0.6) is 11.5 Å². The largest absolute Gasteiger partial charge is 0.454 e. The molecule has 2 aliphatic rings. The van der Waals surface area contributed by atoms with Crippen LogP contribution in [0.3, 0.4) is 0 Å². The van der Waals surface area contributed by atoms with E-state index in [1.54, 1.807) is 12.1 Å². The summed E-state index contributed by atoms with van der Waals surface area (Å²) in [4.78, 5) is 0. The summed E-state index contributed by atoms with van der Waals surface area (Å²) >= 11 is 0. The maximum absolute atomic E-state index is 10.4. The van der Waals surface area contributed by atoms with Gasteiger partial charge in [0.05, 0.1) is 12.2 Å². The van der Waals surface area contributed by atoms with E-state index in [-0.39, 0.29) is 12.9 Å². The van der Waals surface area contributed by atoms with Gasteiger partial charge in [0.1, 0.15) is 5.60 Å². The Hall–Kier alpha value is -1.34. The van der Waals surface area contributed by atoms with Crippen molar-refractivity contribution in [1.29, 1.82) is 0 Å². The summed E-state index contributed by atoms with van der Waals surface area (Å²) in [6.07, 6.45) is -0.241. The molecule has 6 nitrogen and oxygen atoms in total. The van der Waals surface area contributed by atoms with E-state index in [0.717, 1.165) is 5.56 Å². The van der Waals surface area contributed by atoms with Crippen molar-refractivity contribution in [3.8, 4) is 11.5 Å². The van der Waals surface area contributed by atoms with Gasteiger partial charge >= 0.3 is 0 Å². The minimum absolute atomic E-state index is 0.187. The van der Waals surface area contributed by atoms with Crippen LogP contribution in [0.2, 0.25) is 0 Å². The number of hydrogen-bond acceptors (Lipinski definition) is 6. The molecule has 2 heterocycles. The van der Waals surface area contributed by atoms with Gasteiger partial charge in [-0.15, -0.1) is 0 Å². The molecular formula is C15H21NO5. The quantitative estimate of drug-likeness (QED) is 0.737. The molecule has 1 fully saturated rings. The van der Waals surface area contributed by atoms with Gasteiger partial charge in [-0.05, 0) is 24.6 Å². The number of aliphatic hydroxyl groups excluding tert-OH is 1. The second-order valence-electron chi connectivity index (χ2n) is 5.63. The number of aliphatic hydroxyl groups is 2. The fourth-order valence-electron chi connectivity index (χ4n) is 2.67. The van der Waals surface area contributed by atoms with Gasteiger partial charge < -0.3 is 29.7 Å². The summed E-state index contributed by atoms with van der Waals surface area (Å²) in [5.41, 5.74) is -0.0938. The molecular weight excluding hydrogens is 274 g/mol. The lowest BCUT2D eigenvalue weighted by Gasteiger charge is -2.27. The van der Waals surface area contributed by atoms with Gasteiger partial charge in [-0.25, -0.2) is 0 Å². The minimum atomic E-state index is -0.853. The predicted molar refractivity (Wildman–Crippen MR) is 75.4 cm³/mol. The topological polar surface area (TPSA) is 80.2 Å². The summed E-state index contributed by atoms with van der Waals surface area (Å²) in [7, 11) is 0. The monoisotopic (exact) mass is 295 g/mol. The standard InChI is InChI=1S/C15H21NO5/c1-10-15(18,4-5-19-10)8-16-7-12(17)11-2-3-13-14(6-11)21-9-20-13/h2-3,6,10,12,16-18H,4-5,7-9H2,1H3. The van der Waals surface area contributed by atoms with E-state index in [1.807, 2.05) is 13.0 Å². The first-order valence-electron chi connectivity index (χ1n) is 7.21. The zero-order valence-electron chi connectivity index (χ0n) is 12.0. The molecule has 0 bridgehead atoms. The van der Waals surface area contributed by atoms with Crippen LogP contribution >= 0.6 is 0 Å². The van der Waals surface area contributed by atoms with Gasteiger partial charge in [-0.1, -0.05) is 6.07 Å². The van der Waals surface area contributed by atoms with E-state index in [4.69, 9.17) is 14.2 Å². The third-order valence-corrected chi connectivity index (χ3v) is 4.21. The lowest BCUT2D eigenvalue weighted by atomic mass is 9.96. The van der Waals surface area contributed by atoms with Crippen molar-refractivity contribution in [1.82, 2.24) is 5.32 Å². The molecule has 3 atom stereocenters. The average Bonchev–Trinajstić information content (AvgIpc) is 3.05. The molecule has 3 rings (SSSR count). The highest BCUT2D eigenvalue weighted by Crippen LogP contribution is 2.34. The molecule has 0 saturated carbocycles. The van der Waals surface area contributed by atoms with Gasteiger partial charge in [-0.2, -0.15) is 0 Å². The van der Waals surface area contributed by atoms with Crippen LogP contribution in [-0.2, 0) is 4.74 Å². The second kappa shape index (κ2) is 5.81. The lowest BCUT2D eigenvalue weighted by molar-refractivity contribution is -0.0274. The van der Waals surface area contributed by atoms with Crippen molar-refractivity contribution in [3.05, 3.63) is 23.8 Å². The van der Waals surface area contributed by atoms with Crippen molar-refractivity contribution in [3.63, 3.8) is 0 Å². The first kappa shape index (κ1) is 14.6. The van der Waals surface area contributed by atoms with Crippen LogP contribution < -0.4 is 14.8 Å². The lowest BCUT2D eigenvalue weighted by Crippen LogP contribution is -2.46. The first-order chi connectivity index (χ1) is 10.1. The van der Waals surface area contributed by atoms with Gasteiger partial charge in [0.15, 0.2) is 11.5 Å². The van der Waals surface area contributed by atoms with Gasteiger partial charge in [-0.3, -0.25) is 0 Å². The van der Waals surface area contributed by atoms with Gasteiger partial charge in [0, 0.05) is 26.1 Å².